The molecule has 19 heavy (non-hydrogen) atoms. The van der Waals surface area contributed by atoms with Crippen LogP contribution in [-0.2, 0) is 4.74 Å². The van der Waals surface area contributed by atoms with Gasteiger partial charge in [0.05, 0.1) is 6.10 Å². The lowest BCUT2D eigenvalue weighted by atomic mass is 9.99. The molecule has 1 aliphatic rings. The molecule has 1 aromatic rings. The maximum absolute atomic E-state index is 11.9. The number of benzene rings is 1. The van der Waals surface area contributed by atoms with Gasteiger partial charge in [-0.3, -0.25) is 4.79 Å². The predicted octanol–water partition coefficient (Wildman–Crippen LogP) is -0.756. The van der Waals surface area contributed by atoms with Gasteiger partial charge in [-0.15, -0.1) is 0 Å². The van der Waals surface area contributed by atoms with E-state index < -0.39 is 36.6 Å². The Morgan fingerprint density at radius 3 is 2.37 bits per heavy atom. The molecule has 6 heteroatoms. The summed E-state index contributed by atoms with van der Waals surface area (Å²) < 4.78 is 5.28. The van der Waals surface area contributed by atoms with Crippen LogP contribution < -0.4 is 5.32 Å². The van der Waals surface area contributed by atoms with Crippen molar-refractivity contribution in [2.24, 2.45) is 0 Å². The van der Waals surface area contributed by atoms with Crippen LogP contribution in [0.4, 0.5) is 0 Å². The van der Waals surface area contributed by atoms with Gasteiger partial charge in [0.1, 0.15) is 18.3 Å². The first kappa shape index (κ1) is 14.0. The smallest absolute Gasteiger partial charge is 0.253 e. The maximum Gasteiger partial charge on any atom is 0.253 e. The number of ether oxygens (including phenoxy) is 1. The van der Waals surface area contributed by atoms with E-state index in [1.165, 1.54) is 0 Å². The summed E-state index contributed by atoms with van der Waals surface area (Å²) in [4.78, 5) is 11.9. The number of aliphatic hydroxyl groups is 3. The number of nitrogens with one attached hydrogen (secondary N) is 1. The van der Waals surface area contributed by atoms with Gasteiger partial charge in [0, 0.05) is 5.56 Å². The molecule has 0 saturated carbocycles. The molecular formula is C13H17NO5. The van der Waals surface area contributed by atoms with Gasteiger partial charge >= 0.3 is 0 Å². The van der Waals surface area contributed by atoms with Gasteiger partial charge in [-0.05, 0) is 19.1 Å². The monoisotopic (exact) mass is 267 g/mol. The van der Waals surface area contributed by atoms with E-state index in [1.807, 2.05) is 0 Å². The summed E-state index contributed by atoms with van der Waals surface area (Å²) in [5.74, 6) is -0.416. The van der Waals surface area contributed by atoms with Crippen LogP contribution in [0.2, 0.25) is 0 Å². The minimum Gasteiger partial charge on any atom is -0.388 e. The molecule has 104 valence electrons. The van der Waals surface area contributed by atoms with E-state index in [-0.39, 0.29) is 0 Å². The van der Waals surface area contributed by atoms with Crippen LogP contribution in [0.25, 0.3) is 0 Å². The summed E-state index contributed by atoms with van der Waals surface area (Å²) >= 11 is 0. The quantitative estimate of drug-likeness (QED) is 0.565. The van der Waals surface area contributed by atoms with Crippen LogP contribution in [-0.4, -0.2) is 51.9 Å². The Morgan fingerprint density at radius 1 is 1.11 bits per heavy atom. The first-order chi connectivity index (χ1) is 9.00. The first-order valence-corrected chi connectivity index (χ1v) is 6.06. The van der Waals surface area contributed by atoms with E-state index in [1.54, 1.807) is 37.3 Å². The van der Waals surface area contributed by atoms with Crippen molar-refractivity contribution in [3.05, 3.63) is 35.9 Å². The Bertz CT molecular complexity index is 438. The molecule has 0 aliphatic carbocycles. The van der Waals surface area contributed by atoms with Crippen molar-refractivity contribution in [2.45, 2.75) is 37.6 Å². The molecule has 4 N–H and O–H groups in total. The third kappa shape index (κ3) is 2.93. The second-order valence-electron chi connectivity index (χ2n) is 4.57. The Kier molecular flexibility index (Phi) is 4.16. The lowest BCUT2D eigenvalue weighted by molar-refractivity contribution is -0.221. The van der Waals surface area contributed by atoms with Gasteiger partial charge in [-0.2, -0.15) is 0 Å². The van der Waals surface area contributed by atoms with Crippen molar-refractivity contribution in [3.8, 4) is 0 Å². The number of hydrogen-bond donors (Lipinski definition) is 4. The lowest BCUT2D eigenvalue weighted by Crippen LogP contribution is -2.61. The normalized spacial score (nSPS) is 34.8. The fourth-order valence-corrected chi connectivity index (χ4v) is 1.97. The molecule has 0 bridgehead atoms. The van der Waals surface area contributed by atoms with E-state index in [0.717, 1.165) is 0 Å². The van der Waals surface area contributed by atoms with E-state index in [0.29, 0.717) is 5.56 Å². The number of rotatable bonds is 2. The molecular weight excluding hydrogens is 250 g/mol. The number of carbonyl (C=O) groups excluding carboxylic acids is 1. The fourth-order valence-electron chi connectivity index (χ4n) is 1.97. The molecule has 0 radical (unpaired) electrons. The first-order valence-electron chi connectivity index (χ1n) is 6.06. The molecule has 1 saturated heterocycles. The van der Waals surface area contributed by atoms with E-state index in [4.69, 9.17) is 4.74 Å². The minimum absolute atomic E-state index is 0.416. The van der Waals surface area contributed by atoms with Crippen molar-refractivity contribution in [2.75, 3.05) is 0 Å². The van der Waals surface area contributed by atoms with Crippen LogP contribution in [0.15, 0.2) is 30.3 Å². The molecule has 1 amide bonds. The van der Waals surface area contributed by atoms with Crippen LogP contribution >= 0.6 is 0 Å². The summed E-state index contributed by atoms with van der Waals surface area (Å²) in [5, 5.41) is 31.4. The van der Waals surface area contributed by atoms with Crippen LogP contribution in [0.5, 0.6) is 0 Å². The van der Waals surface area contributed by atoms with E-state index in [2.05, 4.69) is 5.32 Å². The molecule has 5 atom stereocenters. The fraction of sp³-hybridized carbons (Fsp3) is 0.462. The Labute approximate surface area is 110 Å². The average Bonchev–Trinajstić information content (AvgIpc) is 2.43. The van der Waals surface area contributed by atoms with Gasteiger partial charge < -0.3 is 25.4 Å². The van der Waals surface area contributed by atoms with Gasteiger partial charge in [0.25, 0.3) is 5.91 Å². The van der Waals surface area contributed by atoms with Crippen molar-refractivity contribution < 1.29 is 24.9 Å². The van der Waals surface area contributed by atoms with Crippen molar-refractivity contribution >= 4 is 5.91 Å². The zero-order valence-corrected chi connectivity index (χ0v) is 10.4. The number of amides is 1. The van der Waals surface area contributed by atoms with Crippen molar-refractivity contribution in [1.82, 2.24) is 5.32 Å². The summed E-state index contributed by atoms with van der Waals surface area (Å²) in [6.07, 6.45) is -5.65. The van der Waals surface area contributed by atoms with Gasteiger partial charge in [-0.1, -0.05) is 18.2 Å². The Morgan fingerprint density at radius 2 is 1.74 bits per heavy atom. The van der Waals surface area contributed by atoms with E-state index in [9.17, 15) is 20.1 Å². The molecule has 0 unspecified atom stereocenters. The molecule has 6 nitrogen and oxygen atoms in total. The topological polar surface area (TPSA) is 99.0 Å². The highest BCUT2D eigenvalue weighted by Crippen LogP contribution is 2.19. The van der Waals surface area contributed by atoms with E-state index >= 15 is 0 Å². The lowest BCUT2D eigenvalue weighted by Gasteiger charge is -2.39. The SMILES string of the molecule is C[C@@H]1O[C@H](NC(=O)c2ccccc2)[C@@H](O)[C@H](O)[C@@H]1O. The standard InChI is InChI=1S/C13H17NO5/c1-7-9(15)10(16)11(17)13(19-7)14-12(18)8-5-3-2-4-6-8/h2-7,9-11,13,15-17H,1H3,(H,14,18)/t7-,9+,10+,11-,13-/m0/s1. The van der Waals surface area contributed by atoms with Crippen LogP contribution in [0.3, 0.4) is 0 Å². The second-order valence-corrected chi connectivity index (χ2v) is 4.57. The van der Waals surface area contributed by atoms with Crippen LogP contribution in [0, 0.1) is 0 Å². The number of hydrogen-bond acceptors (Lipinski definition) is 5. The number of aliphatic hydroxyl groups excluding tert-OH is 3. The van der Waals surface area contributed by atoms with Gasteiger partial charge in [-0.25, -0.2) is 0 Å². The van der Waals surface area contributed by atoms with Crippen molar-refractivity contribution in [1.29, 1.82) is 0 Å². The van der Waals surface area contributed by atoms with Gasteiger partial charge in [0.2, 0.25) is 0 Å². The molecule has 2 rings (SSSR count). The second kappa shape index (κ2) is 5.66. The molecule has 1 heterocycles. The number of carbonyl (C=O) groups is 1. The Hall–Kier alpha value is -1.47. The van der Waals surface area contributed by atoms with Crippen molar-refractivity contribution in [3.63, 3.8) is 0 Å². The summed E-state index contributed by atoms with van der Waals surface area (Å²) in [7, 11) is 0. The highest BCUT2D eigenvalue weighted by Gasteiger charge is 2.42. The maximum atomic E-state index is 11.9. The summed E-state index contributed by atoms with van der Waals surface area (Å²) in [6.45, 7) is 1.56. The third-order valence-corrected chi connectivity index (χ3v) is 3.16. The zero-order chi connectivity index (χ0) is 14.0. The average molecular weight is 267 g/mol. The predicted molar refractivity (Wildman–Crippen MR) is 66.3 cm³/mol. The minimum atomic E-state index is -1.38. The highest BCUT2D eigenvalue weighted by molar-refractivity contribution is 5.94. The summed E-state index contributed by atoms with van der Waals surface area (Å²) in [5.41, 5.74) is 0.423. The molecule has 1 aliphatic heterocycles. The molecule has 0 aromatic heterocycles. The third-order valence-electron chi connectivity index (χ3n) is 3.16. The summed E-state index contributed by atoms with van der Waals surface area (Å²) in [6, 6.07) is 8.46. The molecule has 0 spiro atoms. The highest BCUT2D eigenvalue weighted by atomic mass is 16.5. The molecule has 1 fully saturated rings. The van der Waals surface area contributed by atoms with Crippen LogP contribution in [0.1, 0.15) is 17.3 Å². The zero-order valence-electron chi connectivity index (χ0n) is 10.4. The Balaban J connectivity index is 2.05. The molecule has 1 aromatic carbocycles. The largest absolute Gasteiger partial charge is 0.388 e. The van der Waals surface area contributed by atoms with Gasteiger partial charge in [0.15, 0.2) is 6.23 Å².